The Kier molecular flexibility index (Phi) is 3.69. The van der Waals surface area contributed by atoms with Crippen LogP contribution in [0, 0.1) is 16.7 Å². The smallest absolute Gasteiger partial charge is 0.0490 e. The van der Waals surface area contributed by atoms with Crippen LogP contribution in [0.15, 0.2) is 23.8 Å². The largest absolute Gasteiger partial charge is 0.396 e. The van der Waals surface area contributed by atoms with Crippen LogP contribution in [0.5, 0.6) is 0 Å². The highest BCUT2D eigenvalue weighted by Crippen LogP contribution is 2.53. The summed E-state index contributed by atoms with van der Waals surface area (Å²) in [5, 5.41) is 9.75. The molecule has 1 aliphatic carbocycles. The van der Waals surface area contributed by atoms with Gasteiger partial charge in [0.05, 0.1) is 0 Å². The number of aliphatic hydroxyl groups excluding tert-OH is 1. The molecule has 92 valence electrons. The Bertz CT molecular complexity index is 311. The summed E-state index contributed by atoms with van der Waals surface area (Å²) in [6, 6.07) is 0. The predicted molar refractivity (Wildman–Crippen MR) is 70.3 cm³/mol. The second-order valence-corrected chi connectivity index (χ2v) is 6.34. The van der Waals surface area contributed by atoms with Crippen molar-refractivity contribution in [2.45, 2.75) is 47.5 Å². The van der Waals surface area contributed by atoms with Gasteiger partial charge in [-0.1, -0.05) is 38.0 Å². The van der Waals surface area contributed by atoms with E-state index in [0.717, 1.165) is 18.4 Å². The first-order valence-corrected chi connectivity index (χ1v) is 6.16. The van der Waals surface area contributed by atoms with Gasteiger partial charge in [-0.05, 0) is 43.4 Å². The average molecular weight is 222 g/mol. The van der Waals surface area contributed by atoms with Crippen molar-refractivity contribution in [1.29, 1.82) is 0 Å². The molecule has 0 saturated heterocycles. The van der Waals surface area contributed by atoms with E-state index in [1.165, 1.54) is 5.57 Å². The van der Waals surface area contributed by atoms with Crippen molar-refractivity contribution in [1.82, 2.24) is 0 Å². The molecule has 0 amide bonds. The fourth-order valence-electron chi connectivity index (χ4n) is 3.26. The van der Waals surface area contributed by atoms with Gasteiger partial charge in [-0.2, -0.15) is 0 Å². The summed E-state index contributed by atoms with van der Waals surface area (Å²) in [6.45, 7) is 15.3. The van der Waals surface area contributed by atoms with E-state index in [0.29, 0.717) is 5.92 Å². The lowest BCUT2D eigenvalue weighted by Gasteiger charge is -2.43. The number of hydrogen-bond donors (Lipinski definition) is 1. The molecule has 1 nitrogen and oxygen atoms in total. The fourth-order valence-corrected chi connectivity index (χ4v) is 3.26. The molecule has 0 aromatic carbocycles. The molecule has 0 aromatic heterocycles. The minimum Gasteiger partial charge on any atom is -0.396 e. The Hall–Kier alpha value is -0.560. The van der Waals surface area contributed by atoms with Gasteiger partial charge in [0, 0.05) is 6.61 Å². The van der Waals surface area contributed by atoms with E-state index in [4.69, 9.17) is 0 Å². The molecule has 0 spiro atoms. The van der Waals surface area contributed by atoms with E-state index in [9.17, 15) is 5.11 Å². The van der Waals surface area contributed by atoms with Crippen LogP contribution in [0.1, 0.15) is 47.5 Å². The van der Waals surface area contributed by atoms with Crippen LogP contribution in [0.2, 0.25) is 0 Å². The highest BCUT2D eigenvalue weighted by molar-refractivity contribution is 5.21. The molecule has 1 rings (SSSR count). The third-order valence-electron chi connectivity index (χ3n) is 4.46. The van der Waals surface area contributed by atoms with Crippen LogP contribution in [0.25, 0.3) is 0 Å². The maximum atomic E-state index is 9.75. The molecule has 0 fully saturated rings. The highest BCUT2D eigenvalue weighted by atomic mass is 16.3. The third kappa shape index (κ3) is 2.24. The van der Waals surface area contributed by atoms with Gasteiger partial charge in [0.15, 0.2) is 0 Å². The Morgan fingerprint density at radius 2 is 2.19 bits per heavy atom. The Labute approximate surface area is 100 Å². The molecule has 0 radical (unpaired) electrons. The fraction of sp³-hybridized carbons (Fsp3) is 0.733. The number of rotatable bonds is 4. The van der Waals surface area contributed by atoms with Crippen molar-refractivity contribution in [3.8, 4) is 0 Å². The molecule has 1 N–H and O–H groups in total. The first-order chi connectivity index (χ1) is 7.24. The average Bonchev–Trinajstić information content (AvgIpc) is 2.41. The van der Waals surface area contributed by atoms with Crippen LogP contribution in [0.3, 0.4) is 0 Å². The summed E-state index contributed by atoms with van der Waals surface area (Å²) in [7, 11) is 0. The molecular weight excluding hydrogens is 196 g/mol. The van der Waals surface area contributed by atoms with Crippen LogP contribution >= 0.6 is 0 Å². The van der Waals surface area contributed by atoms with Crippen molar-refractivity contribution in [2.75, 3.05) is 6.61 Å². The zero-order valence-electron chi connectivity index (χ0n) is 11.4. The summed E-state index contributed by atoms with van der Waals surface area (Å²) in [4.78, 5) is 0. The van der Waals surface area contributed by atoms with Gasteiger partial charge in [0.2, 0.25) is 0 Å². The van der Waals surface area contributed by atoms with E-state index in [1.807, 2.05) is 0 Å². The van der Waals surface area contributed by atoms with Gasteiger partial charge in [0.25, 0.3) is 0 Å². The summed E-state index contributed by atoms with van der Waals surface area (Å²) in [5.74, 6) is 0.515. The van der Waals surface area contributed by atoms with Gasteiger partial charge in [-0.3, -0.25) is 0 Å². The summed E-state index contributed by atoms with van der Waals surface area (Å²) < 4.78 is 0. The molecule has 16 heavy (non-hydrogen) atoms. The van der Waals surface area contributed by atoms with Gasteiger partial charge in [0.1, 0.15) is 0 Å². The first-order valence-electron chi connectivity index (χ1n) is 6.16. The second kappa shape index (κ2) is 4.37. The molecule has 0 aromatic rings. The summed E-state index contributed by atoms with van der Waals surface area (Å²) in [5.41, 5.74) is 2.78. The van der Waals surface area contributed by atoms with Crippen molar-refractivity contribution in [2.24, 2.45) is 16.7 Å². The molecule has 0 saturated carbocycles. The van der Waals surface area contributed by atoms with Crippen molar-refractivity contribution < 1.29 is 5.11 Å². The molecule has 0 heterocycles. The third-order valence-corrected chi connectivity index (χ3v) is 4.46. The Morgan fingerprint density at radius 1 is 1.62 bits per heavy atom. The molecule has 0 bridgehead atoms. The molecule has 2 unspecified atom stereocenters. The van der Waals surface area contributed by atoms with E-state index in [2.05, 4.69) is 47.3 Å². The van der Waals surface area contributed by atoms with Crippen LogP contribution in [0.4, 0.5) is 0 Å². The molecule has 2 atom stereocenters. The normalized spacial score (nSPS) is 27.4. The lowest BCUT2D eigenvalue weighted by atomic mass is 9.62. The van der Waals surface area contributed by atoms with Crippen LogP contribution in [-0.2, 0) is 0 Å². The second-order valence-electron chi connectivity index (χ2n) is 6.34. The lowest BCUT2D eigenvalue weighted by Crippen LogP contribution is -2.38. The van der Waals surface area contributed by atoms with Gasteiger partial charge in [-0.15, -0.1) is 6.58 Å². The van der Waals surface area contributed by atoms with Crippen molar-refractivity contribution >= 4 is 0 Å². The maximum Gasteiger partial charge on any atom is 0.0490 e. The van der Waals surface area contributed by atoms with E-state index in [-0.39, 0.29) is 17.4 Å². The monoisotopic (exact) mass is 222 g/mol. The Morgan fingerprint density at radius 3 is 2.50 bits per heavy atom. The summed E-state index contributed by atoms with van der Waals surface area (Å²) >= 11 is 0. The van der Waals surface area contributed by atoms with Gasteiger partial charge in [-0.25, -0.2) is 0 Å². The number of hydrogen-bond acceptors (Lipinski definition) is 1. The van der Waals surface area contributed by atoms with Crippen LogP contribution in [-0.4, -0.2) is 11.7 Å². The SMILES string of the molecule is C=C(C)CC(C)(CO)C1CC=C(C)C1(C)C. The van der Waals surface area contributed by atoms with E-state index < -0.39 is 0 Å². The maximum absolute atomic E-state index is 9.75. The molecular formula is C15H26O. The van der Waals surface area contributed by atoms with Crippen molar-refractivity contribution in [3.63, 3.8) is 0 Å². The van der Waals surface area contributed by atoms with E-state index in [1.54, 1.807) is 0 Å². The van der Waals surface area contributed by atoms with Crippen molar-refractivity contribution in [3.05, 3.63) is 23.8 Å². The highest BCUT2D eigenvalue weighted by Gasteiger charge is 2.45. The minimum atomic E-state index is -0.0381. The van der Waals surface area contributed by atoms with Gasteiger partial charge >= 0.3 is 0 Å². The topological polar surface area (TPSA) is 20.2 Å². The predicted octanol–water partition coefficient (Wildman–Crippen LogP) is 3.94. The zero-order valence-corrected chi connectivity index (χ0v) is 11.4. The van der Waals surface area contributed by atoms with E-state index >= 15 is 0 Å². The molecule has 0 aliphatic heterocycles. The number of allylic oxidation sites excluding steroid dienone is 3. The lowest BCUT2D eigenvalue weighted by molar-refractivity contribution is 0.0332. The zero-order chi connectivity index (χ0) is 12.6. The Balaban J connectivity index is 2.95. The number of aliphatic hydroxyl groups is 1. The quantitative estimate of drug-likeness (QED) is 0.714. The first kappa shape index (κ1) is 13.5. The molecule has 1 heteroatoms. The minimum absolute atomic E-state index is 0.0381. The summed E-state index contributed by atoms with van der Waals surface area (Å²) in [6.07, 6.45) is 4.33. The van der Waals surface area contributed by atoms with Crippen LogP contribution < -0.4 is 0 Å². The standard InChI is InChI=1S/C15H26O/c1-11(2)9-15(6,10-16)13-8-7-12(3)14(13,4)5/h7,13,16H,1,8-10H2,2-6H3. The molecule has 1 aliphatic rings. The van der Waals surface area contributed by atoms with Gasteiger partial charge < -0.3 is 5.11 Å².